The summed E-state index contributed by atoms with van der Waals surface area (Å²) in [5.74, 6) is -1.19. The number of aliphatic carboxylic acids is 1. The largest absolute Gasteiger partial charge is 0.480 e. The quantitative estimate of drug-likeness (QED) is 0.832. The van der Waals surface area contributed by atoms with E-state index in [4.69, 9.17) is 5.11 Å². The number of carboxylic acids is 1. The molecule has 1 heterocycles. The summed E-state index contributed by atoms with van der Waals surface area (Å²) >= 11 is 0. The van der Waals surface area contributed by atoms with Crippen LogP contribution in [0.1, 0.15) is 36.3 Å². The number of nitrogens with one attached hydrogen (secondary N) is 1. The van der Waals surface area contributed by atoms with E-state index in [1.807, 2.05) is 13.8 Å². The van der Waals surface area contributed by atoms with Crippen molar-refractivity contribution in [3.63, 3.8) is 0 Å². The molecule has 98 valence electrons. The Balaban J connectivity index is 2.75. The van der Waals surface area contributed by atoms with Gasteiger partial charge in [-0.05, 0) is 31.4 Å². The number of nitrogens with zero attached hydrogens (tertiary/aromatic N) is 1. The molecule has 0 bridgehead atoms. The molecule has 0 unspecified atom stereocenters. The van der Waals surface area contributed by atoms with Gasteiger partial charge in [0.2, 0.25) is 0 Å². The zero-order chi connectivity index (χ0) is 13.7. The van der Waals surface area contributed by atoms with E-state index in [1.54, 1.807) is 19.1 Å². The summed E-state index contributed by atoms with van der Waals surface area (Å²) in [6.45, 7) is 5.61. The van der Waals surface area contributed by atoms with Crippen molar-refractivity contribution in [2.24, 2.45) is 5.92 Å². The van der Waals surface area contributed by atoms with Crippen molar-refractivity contribution in [1.82, 2.24) is 10.3 Å². The van der Waals surface area contributed by atoms with Gasteiger partial charge in [0, 0.05) is 17.5 Å². The van der Waals surface area contributed by atoms with E-state index in [0.717, 1.165) is 5.69 Å². The van der Waals surface area contributed by atoms with E-state index in [1.165, 1.54) is 6.20 Å². The molecule has 2 N–H and O–H groups in total. The highest BCUT2D eigenvalue weighted by Crippen LogP contribution is 2.07. The Kier molecular flexibility index (Phi) is 4.83. The van der Waals surface area contributed by atoms with Crippen molar-refractivity contribution in [2.75, 3.05) is 0 Å². The molecule has 0 aliphatic heterocycles. The smallest absolute Gasteiger partial charge is 0.326 e. The Hall–Kier alpha value is -1.91. The second kappa shape index (κ2) is 6.14. The fourth-order valence-corrected chi connectivity index (χ4v) is 1.62. The summed E-state index contributed by atoms with van der Waals surface area (Å²) < 4.78 is 0. The van der Waals surface area contributed by atoms with Crippen molar-refractivity contribution in [2.45, 2.75) is 33.2 Å². The van der Waals surface area contributed by atoms with Gasteiger partial charge in [-0.15, -0.1) is 0 Å². The normalized spacial score (nSPS) is 12.2. The van der Waals surface area contributed by atoms with Crippen LogP contribution in [0.3, 0.4) is 0 Å². The molecular formula is C13H18N2O3. The minimum Gasteiger partial charge on any atom is -0.480 e. The molecule has 1 amide bonds. The van der Waals surface area contributed by atoms with Crippen molar-refractivity contribution < 1.29 is 14.7 Å². The van der Waals surface area contributed by atoms with Crippen LogP contribution in [0.15, 0.2) is 18.3 Å². The molecule has 5 nitrogen and oxygen atoms in total. The van der Waals surface area contributed by atoms with Gasteiger partial charge < -0.3 is 10.4 Å². The first kappa shape index (κ1) is 14.2. The summed E-state index contributed by atoms with van der Waals surface area (Å²) in [6, 6.07) is 2.34. The highest BCUT2D eigenvalue weighted by atomic mass is 16.4. The van der Waals surface area contributed by atoms with Gasteiger partial charge in [0.25, 0.3) is 5.91 Å². The van der Waals surface area contributed by atoms with E-state index < -0.39 is 12.0 Å². The van der Waals surface area contributed by atoms with Crippen LogP contribution in [0.2, 0.25) is 0 Å². The van der Waals surface area contributed by atoms with Gasteiger partial charge in [0.1, 0.15) is 6.04 Å². The van der Waals surface area contributed by atoms with Crippen molar-refractivity contribution in [3.05, 3.63) is 29.6 Å². The first-order chi connectivity index (χ1) is 8.40. The highest BCUT2D eigenvalue weighted by molar-refractivity contribution is 5.96. The molecule has 0 saturated carbocycles. The molecule has 0 aliphatic rings. The fraction of sp³-hybridized carbons (Fsp3) is 0.462. The minimum atomic E-state index is -1.01. The Morgan fingerprint density at radius 2 is 2.11 bits per heavy atom. The molecule has 0 aliphatic carbocycles. The third kappa shape index (κ3) is 4.16. The number of carbonyl (C=O) groups excluding carboxylic acids is 1. The third-order valence-corrected chi connectivity index (χ3v) is 2.47. The lowest BCUT2D eigenvalue weighted by atomic mass is 10.0. The lowest BCUT2D eigenvalue weighted by Gasteiger charge is -2.16. The summed E-state index contributed by atoms with van der Waals surface area (Å²) in [6.07, 6.45) is 1.94. The lowest BCUT2D eigenvalue weighted by Crippen LogP contribution is -2.41. The number of pyridine rings is 1. The van der Waals surface area contributed by atoms with Gasteiger partial charge in [-0.25, -0.2) is 4.79 Å². The van der Waals surface area contributed by atoms with Crippen LogP contribution in [0.4, 0.5) is 0 Å². The second-order valence-corrected chi connectivity index (χ2v) is 4.68. The molecule has 1 atom stereocenters. The molecular weight excluding hydrogens is 232 g/mol. The Labute approximate surface area is 106 Å². The van der Waals surface area contributed by atoms with Gasteiger partial charge in [-0.1, -0.05) is 13.8 Å². The maximum absolute atomic E-state index is 11.9. The van der Waals surface area contributed by atoms with E-state index >= 15 is 0 Å². The molecule has 1 aromatic rings. The van der Waals surface area contributed by atoms with Crippen LogP contribution in [-0.4, -0.2) is 28.0 Å². The predicted molar refractivity (Wildman–Crippen MR) is 67.3 cm³/mol. The number of hydrogen-bond donors (Lipinski definition) is 2. The first-order valence-electron chi connectivity index (χ1n) is 5.86. The predicted octanol–water partition coefficient (Wildman–Crippen LogP) is 1.62. The Bertz CT molecular complexity index is 444. The van der Waals surface area contributed by atoms with Crippen LogP contribution in [-0.2, 0) is 4.79 Å². The minimum absolute atomic E-state index is 0.200. The summed E-state index contributed by atoms with van der Waals surface area (Å²) in [4.78, 5) is 26.9. The Morgan fingerprint density at radius 1 is 1.44 bits per heavy atom. The number of carboxylic acid groups (broad SMARTS) is 1. The molecule has 1 rings (SSSR count). The van der Waals surface area contributed by atoms with Crippen molar-refractivity contribution in [3.8, 4) is 0 Å². The molecule has 0 fully saturated rings. The molecule has 0 saturated heterocycles. The first-order valence-corrected chi connectivity index (χ1v) is 5.86. The van der Waals surface area contributed by atoms with Gasteiger partial charge in [0.15, 0.2) is 0 Å². The monoisotopic (exact) mass is 250 g/mol. The van der Waals surface area contributed by atoms with Crippen LogP contribution in [0.5, 0.6) is 0 Å². The van der Waals surface area contributed by atoms with Crippen molar-refractivity contribution >= 4 is 11.9 Å². The van der Waals surface area contributed by atoms with E-state index in [0.29, 0.717) is 12.0 Å². The molecule has 1 aromatic heterocycles. The van der Waals surface area contributed by atoms with Crippen LogP contribution < -0.4 is 5.32 Å². The number of aromatic nitrogens is 1. The number of hydrogen-bond acceptors (Lipinski definition) is 3. The summed E-state index contributed by atoms with van der Waals surface area (Å²) in [5.41, 5.74) is 1.15. The fourth-order valence-electron chi connectivity index (χ4n) is 1.62. The van der Waals surface area contributed by atoms with E-state index in [-0.39, 0.29) is 11.8 Å². The molecule has 0 spiro atoms. The number of amides is 1. The maximum atomic E-state index is 11.9. The summed E-state index contributed by atoms with van der Waals surface area (Å²) in [5, 5.41) is 11.6. The standard InChI is InChI=1S/C13H18N2O3/c1-8(2)6-11(13(17)18)15-12(16)10-4-5-14-9(3)7-10/h4-5,7-8,11H,6H2,1-3H3,(H,15,16)(H,17,18)/t11-/m0/s1. The van der Waals surface area contributed by atoms with Gasteiger partial charge in [-0.2, -0.15) is 0 Å². The SMILES string of the molecule is Cc1cc(C(=O)N[C@@H](CC(C)C)C(=O)O)ccn1. The zero-order valence-electron chi connectivity index (χ0n) is 10.8. The molecule has 5 heteroatoms. The maximum Gasteiger partial charge on any atom is 0.326 e. The van der Waals surface area contributed by atoms with Gasteiger partial charge in [0.05, 0.1) is 0 Å². The molecule has 0 aromatic carbocycles. The summed E-state index contributed by atoms with van der Waals surface area (Å²) in [7, 11) is 0. The van der Waals surface area contributed by atoms with Gasteiger partial charge >= 0.3 is 5.97 Å². The third-order valence-electron chi connectivity index (χ3n) is 2.47. The topological polar surface area (TPSA) is 79.3 Å². The van der Waals surface area contributed by atoms with E-state index in [9.17, 15) is 9.59 Å². The second-order valence-electron chi connectivity index (χ2n) is 4.68. The Morgan fingerprint density at radius 3 is 2.61 bits per heavy atom. The van der Waals surface area contributed by atoms with E-state index in [2.05, 4.69) is 10.3 Å². The molecule has 18 heavy (non-hydrogen) atoms. The molecule has 0 radical (unpaired) electrons. The average molecular weight is 250 g/mol. The van der Waals surface area contributed by atoms with Crippen molar-refractivity contribution in [1.29, 1.82) is 0 Å². The van der Waals surface area contributed by atoms with Crippen LogP contribution in [0, 0.1) is 12.8 Å². The average Bonchev–Trinajstić information content (AvgIpc) is 2.27. The van der Waals surface area contributed by atoms with Gasteiger partial charge in [-0.3, -0.25) is 9.78 Å². The number of rotatable bonds is 5. The number of aryl methyl sites for hydroxylation is 1. The van der Waals surface area contributed by atoms with Crippen LogP contribution >= 0.6 is 0 Å². The zero-order valence-corrected chi connectivity index (χ0v) is 10.8. The highest BCUT2D eigenvalue weighted by Gasteiger charge is 2.21. The lowest BCUT2D eigenvalue weighted by molar-refractivity contribution is -0.139. The van der Waals surface area contributed by atoms with Crippen LogP contribution in [0.25, 0.3) is 0 Å². The number of carbonyl (C=O) groups is 2.